The predicted molar refractivity (Wildman–Crippen MR) is 74.4 cm³/mol. The quantitative estimate of drug-likeness (QED) is 0.838. The summed E-state index contributed by atoms with van der Waals surface area (Å²) in [5.74, 6) is 0.459. The molecule has 1 aliphatic carbocycles. The van der Waals surface area contributed by atoms with Gasteiger partial charge in [0.2, 0.25) is 5.88 Å². The number of carbonyl (C=O) groups excluding carboxylic acids is 1. The van der Waals surface area contributed by atoms with Crippen molar-refractivity contribution < 1.29 is 9.53 Å². The average molecular weight is 262 g/mol. The number of pyridine rings is 1. The molecule has 1 saturated carbocycles. The third kappa shape index (κ3) is 3.06. The molecule has 0 N–H and O–H groups in total. The first-order valence-corrected chi connectivity index (χ1v) is 7.08. The van der Waals surface area contributed by atoms with E-state index in [0.29, 0.717) is 17.5 Å². The van der Waals surface area contributed by atoms with Gasteiger partial charge in [-0.1, -0.05) is 19.3 Å². The molecule has 2 rings (SSSR count). The van der Waals surface area contributed by atoms with E-state index < -0.39 is 0 Å². The van der Waals surface area contributed by atoms with E-state index in [4.69, 9.17) is 4.74 Å². The zero-order valence-electron chi connectivity index (χ0n) is 11.8. The van der Waals surface area contributed by atoms with Crippen molar-refractivity contribution in [3.63, 3.8) is 0 Å². The van der Waals surface area contributed by atoms with Crippen LogP contribution in [0, 0.1) is 0 Å². The molecule has 0 unspecified atom stereocenters. The standard InChI is InChI=1S/C15H22N2O2/c1-3-17(12-8-5-4-6-9-12)15(18)13-10-7-11-16-14(13)19-2/h7,10-12H,3-6,8-9H2,1-2H3. The van der Waals surface area contributed by atoms with Gasteiger partial charge >= 0.3 is 0 Å². The Hall–Kier alpha value is -1.58. The molecule has 4 heteroatoms. The molecule has 0 atom stereocenters. The van der Waals surface area contributed by atoms with Crippen LogP contribution in [0.5, 0.6) is 5.88 Å². The zero-order chi connectivity index (χ0) is 13.7. The summed E-state index contributed by atoms with van der Waals surface area (Å²) in [5.41, 5.74) is 0.567. The Balaban J connectivity index is 2.19. The number of carbonyl (C=O) groups is 1. The Morgan fingerprint density at radius 2 is 2.16 bits per heavy atom. The van der Waals surface area contributed by atoms with Crippen molar-refractivity contribution in [3.05, 3.63) is 23.9 Å². The van der Waals surface area contributed by atoms with Gasteiger partial charge in [0.1, 0.15) is 5.56 Å². The van der Waals surface area contributed by atoms with E-state index in [0.717, 1.165) is 19.4 Å². The van der Waals surface area contributed by atoms with Gasteiger partial charge in [0.15, 0.2) is 0 Å². The van der Waals surface area contributed by atoms with E-state index in [1.54, 1.807) is 25.4 Å². The smallest absolute Gasteiger partial charge is 0.259 e. The van der Waals surface area contributed by atoms with Crippen molar-refractivity contribution in [3.8, 4) is 5.88 Å². The van der Waals surface area contributed by atoms with Gasteiger partial charge in [0.05, 0.1) is 7.11 Å². The van der Waals surface area contributed by atoms with Gasteiger partial charge in [0, 0.05) is 18.8 Å². The molecule has 0 bridgehead atoms. The van der Waals surface area contributed by atoms with Crippen molar-refractivity contribution in [1.29, 1.82) is 0 Å². The van der Waals surface area contributed by atoms with Crippen LogP contribution in [0.1, 0.15) is 49.4 Å². The van der Waals surface area contributed by atoms with Gasteiger partial charge in [-0.05, 0) is 31.9 Å². The molecule has 0 saturated heterocycles. The first-order valence-electron chi connectivity index (χ1n) is 7.08. The fourth-order valence-electron chi connectivity index (χ4n) is 2.83. The first kappa shape index (κ1) is 13.8. The number of methoxy groups -OCH3 is 1. The lowest BCUT2D eigenvalue weighted by molar-refractivity contribution is 0.0643. The molecule has 0 aliphatic heterocycles. The molecule has 1 heterocycles. The summed E-state index contributed by atoms with van der Waals surface area (Å²) in [6, 6.07) is 3.94. The molecule has 4 nitrogen and oxygen atoms in total. The molecule has 19 heavy (non-hydrogen) atoms. The largest absolute Gasteiger partial charge is 0.480 e. The fourth-order valence-corrected chi connectivity index (χ4v) is 2.83. The molecule has 1 aliphatic rings. The van der Waals surface area contributed by atoms with Crippen LogP contribution in [0.25, 0.3) is 0 Å². The van der Waals surface area contributed by atoms with Crippen LogP contribution >= 0.6 is 0 Å². The van der Waals surface area contributed by atoms with E-state index >= 15 is 0 Å². The van der Waals surface area contributed by atoms with Crippen LogP contribution < -0.4 is 4.74 Å². The second-order valence-corrected chi connectivity index (χ2v) is 4.94. The third-order valence-corrected chi connectivity index (χ3v) is 3.81. The molecular formula is C15H22N2O2. The Morgan fingerprint density at radius 3 is 2.79 bits per heavy atom. The molecule has 0 aromatic carbocycles. The van der Waals surface area contributed by atoms with Crippen molar-refractivity contribution in [2.45, 2.75) is 45.1 Å². The monoisotopic (exact) mass is 262 g/mol. The van der Waals surface area contributed by atoms with Gasteiger partial charge < -0.3 is 9.64 Å². The number of rotatable bonds is 4. The van der Waals surface area contributed by atoms with E-state index in [2.05, 4.69) is 4.98 Å². The Bertz CT molecular complexity index is 428. The Morgan fingerprint density at radius 1 is 1.42 bits per heavy atom. The number of amides is 1. The maximum atomic E-state index is 12.7. The molecule has 1 amide bonds. The Kier molecular flexibility index (Phi) is 4.77. The SMILES string of the molecule is CCN(C(=O)c1cccnc1OC)C1CCCCC1. The van der Waals surface area contributed by atoms with Crippen molar-refractivity contribution >= 4 is 5.91 Å². The number of hydrogen-bond donors (Lipinski definition) is 0. The number of ether oxygens (including phenoxy) is 1. The van der Waals surface area contributed by atoms with E-state index in [9.17, 15) is 4.79 Å². The van der Waals surface area contributed by atoms with Crippen LogP contribution in [0.3, 0.4) is 0 Å². The fraction of sp³-hybridized carbons (Fsp3) is 0.600. The molecule has 0 radical (unpaired) electrons. The lowest BCUT2D eigenvalue weighted by atomic mass is 9.94. The Labute approximate surface area is 114 Å². The summed E-state index contributed by atoms with van der Waals surface area (Å²) >= 11 is 0. The average Bonchev–Trinajstić information content (AvgIpc) is 2.49. The van der Waals surface area contributed by atoms with Gasteiger partial charge in [-0.3, -0.25) is 4.79 Å². The summed E-state index contributed by atoms with van der Waals surface area (Å²) in [6.45, 7) is 2.77. The zero-order valence-corrected chi connectivity index (χ0v) is 11.8. The van der Waals surface area contributed by atoms with Crippen molar-refractivity contribution in [2.75, 3.05) is 13.7 Å². The van der Waals surface area contributed by atoms with Gasteiger partial charge in [-0.25, -0.2) is 4.98 Å². The normalized spacial score (nSPS) is 16.1. The molecule has 1 aromatic rings. The van der Waals surface area contributed by atoms with Gasteiger partial charge in [-0.2, -0.15) is 0 Å². The molecule has 1 fully saturated rings. The van der Waals surface area contributed by atoms with Gasteiger partial charge in [0.25, 0.3) is 5.91 Å². The second-order valence-electron chi connectivity index (χ2n) is 4.94. The topological polar surface area (TPSA) is 42.4 Å². The highest BCUT2D eigenvalue weighted by molar-refractivity contribution is 5.96. The van der Waals surface area contributed by atoms with Crippen LogP contribution in [-0.4, -0.2) is 35.5 Å². The maximum Gasteiger partial charge on any atom is 0.259 e. The lowest BCUT2D eigenvalue weighted by Gasteiger charge is -2.33. The molecule has 1 aromatic heterocycles. The number of aromatic nitrogens is 1. The van der Waals surface area contributed by atoms with E-state index in [1.165, 1.54) is 19.3 Å². The summed E-state index contributed by atoms with van der Waals surface area (Å²) in [5, 5.41) is 0. The van der Waals surface area contributed by atoms with Crippen LogP contribution in [0.2, 0.25) is 0 Å². The predicted octanol–water partition coefficient (Wildman–Crippen LogP) is 2.89. The first-order chi connectivity index (χ1) is 9.27. The maximum absolute atomic E-state index is 12.7. The van der Waals surface area contributed by atoms with E-state index in [-0.39, 0.29) is 5.91 Å². The highest BCUT2D eigenvalue weighted by Gasteiger charge is 2.26. The van der Waals surface area contributed by atoms with E-state index in [1.807, 2.05) is 11.8 Å². The van der Waals surface area contributed by atoms with Crippen LogP contribution in [0.4, 0.5) is 0 Å². The highest BCUT2D eigenvalue weighted by atomic mass is 16.5. The van der Waals surface area contributed by atoms with Crippen molar-refractivity contribution in [2.24, 2.45) is 0 Å². The second kappa shape index (κ2) is 6.55. The minimum Gasteiger partial charge on any atom is -0.480 e. The lowest BCUT2D eigenvalue weighted by Crippen LogP contribution is -2.41. The van der Waals surface area contributed by atoms with Crippen LogP contribution in [-0.2, 0) is 0 Å². The summed E-state index contributed by atoms with van der Waals surface area (Å²) in [4.78, 5) is 18.7. The summed E-state index contributed by atoms with van der Waals surface area (Å²) in [7, 11) is 1.55. The minimum atomic E-state index is 0.0411. The van der Waals surface area contributed by atoms with Gasteiger partial charge in [-0.15, -0.1) is 0 Å². The third-order valence-electron chi connectivity index (χ3n) is 3.81. The molecule has 104 valence electrons. The summed E-state index contributed by atoms with van der Waals surface area (Å²) < 4.78 is 5.19. The highest BCUT2D eigenvalue weighted by Crippen LogP contribution is 2.25. The van der Waals surface area contributed by atoms with Crippen molar-refractivity contribution in [1.82, 2.24) is 9.88 Å². The summed E-state index contributed by atoms with van der Waals surface area (Å²) in [6.07, 6.45) is 7.60. The minimum absolute atomic E-state index is 0.0411. The molecule has 0 spiro atoms. The van der Waals surface area contributed by atoms with Crippen LogP contribution in [0.15, 0.2) is 18.3 Å². The number of nitrogens with zero attached hydrogens (tertiary/aromatic N) is 2. The molecular weight excluding hydrogens is 240 g/mol. The number of hydrogen-bond acceptors (Lipinski definition) is 3.